The largest absolute Gasteiger partial charge is 0.328 e. The van der Waals surface area contributed by atoms with Gasteiger partial charge in [-0.3, -0.25) is 0 Å². The molecule has 0 heterocycles. The van der Waals surface area contributed by atoms with E-state index in [4.69, 9.17) is 0 Å². The molecule has 0 unspecified atom stereocenters. The smallest absolute Gasteiger partial charge is 0.0953 e. The second-order valence-corrected chi connectivity index (χ2v) is 5.99. The molecule has 1 aliphatic rings. The predicted octanol–water partition coefficient (Wildman–Crippen LogP) is 3.42. The van der Waals surface area contributed by atoms with Crippen LogP contribution in [0.4, 0.5) is 0 Å². The summed E-state index contributed by atoms with van der Waals surface area (Å²) in [6.07, 6.45) is 5.55. The van der Waals surface area contributed by atoms with Gasteiger partial charge in [0.05, 0.1) is 27.2 Å². The molecule has 0 N–H and O–H groups in total. The van der Waals surface area contributed by atoms with Crippen LogP contribution in [0.5, 0.6) is 0 Å². The van der Waals surface area contributed by atoms with Gasteiger partial charge in [-0.2, -0.15) is 0 Å². The van der Waals surface area contributed by atoms with Crippen molar-refractivity contribution in [1.29, 1.82) is 0 Å². The first-order chi connectivity index (χ1) is 7.59. The molecular weight excluding hydrogens is 194 g/mol. The molecule has 1 nitrogen and oxygen atoms in total. The van der Waals surface area contributed by atoms with Gasteiger partial charge in [-0.15, -0.1) is 0 Å². The molecule has 0 aliphatic heterocycles. The van der Waals surface area contributed by atoms with E-state index in [0.29, 0.717) is 0 Å². The molecule has 1 heteroatoms. The minimum Gasteiger partial charge on any atom is -0.328 e. The lowest BCUT2D eigenvalue weighted by Crippen LogP contribution is -2.49. The Morgan fingerprint density at radius 2 is 1.56 bits per heavy atom. The number of benzene rings is 1. The third-order valence-corrected chi connectivity index (χ3v) is 3.95. The molecule has 0 bridgehead atoms. The first-order valence-electron chi connectivity index (χ1n) is 6.45. The Bertz CT molecular complexity index is 323. The lowest BCUT2D eigenvalue weighted by Gasteiger charge is -2.42. The Kier molecular flexibility index (Phi) is 3.34. The van der Waals surface area contributed by atoms with Gasteiger partial charge < -0.3 is 4.48 Å². The minimum absolute atomic E-state index is 0.759. The zero-order chi connectivity index (χ0) is 11.6. The average molecular weight is 218 g/mol. The normalized spacial score (nSPS) is 26.7. The molecule has 0 radical (unpaired) electrons. The Hall–Kier alpha value is -0.820. The van der Waals surface area contributed by atoms with Crippen LogP contribution in [0.25, 0.3) is 0 Å². The van der Waals surface area contributed by atoms with Gasteiger partial charge in [-0.25, -0.2) is 0 Å². The van der Waals surface area contributed by atoms with Crippen LogP contribution in [0, 0.1) is 0 Å². The van der Waals surface area contributed by atoms with Gasteiger partial charge in [-0.05, 0) is 18.4 Å². The summed E-state index contributed by atoms with van der Waals surface area (Å²) in [4.78, 5) is 0. The standard InChI is InChI=1S/C15H24N/c1-16(2,3)15-12-8-7-11-14(15)13-9-5-4-6-10-13/h4-6,9-10,14-15H,7-8,11-12H2,1-3H3/q+1/t14-,15-/m1/s1. The highest BCUT2D eigenvalue weighted by molar-refractivity contribution is 5.21. The van der Waals surface area contributed by atoms with Crippen LogP contribution >= 0.6 is 0 Å². The molecule has 88 valence electrons. The van der Waals surface area contributed by atoms with Gasteiger partial charge in [0.15, 0.2) is 0 Å². The number of hydrogen-bond acceptors (Lipinski definition) is 0. The molecule has 0 aromatic heterocycles. The summed E-state index contributed by atoms with van der Waals surface area (Å²) in [6.45, 7) is 0. The SMILES string of the molecule is C[N+](C)(C)[C@@H]1CCCC[C@@H]1c1ccccc1. The number of nitrogens with zero attached hydrogens (tertiary/aromatic N) is 1. The van der Waals surface area contributed by atoms with Crippen molar-refractivity contribution >= 4 is 0 Å². The van der Waals surface area contributed by atoms with Crippen molar-refractivity contribution < 1.29 is 4.48 Å². The van der Waals surface area contributed by atoms with Crippen LogP contribution in [0.3, 0.4) is 0 Å². The first-order valence-corrected chi connectivity index (χ1v) is 6.45. The predicted molar refractivity (Wildman–Crippen MR) is 69.5 cm³/mol. The average Bonchev–Trinajstić information content (AvgIpc) is 2.29. The Morgan fingerprint density at radius 3 is 2.19 bits per heavy atom. The van der Waals surface area contributed by atoms with Crippen LogP contribution in [0.15, 0.2) is 30.3 Å². The molecule has 2 atom stereocenters. The molecule has 1 aliphatic carbocycles. The van der Waals surface area contributed by atoms with E-state index >= 15 is 0 Å². The highest BCUT2D eigenvalue weighted by Gasteiger charge is 2.35. The maximum absolute atomic E-state index is 2.34. The van der Waals surface area contributed by atoms with Crippen molar-refractivity contribution in [2.24, 2.45) is 0 Å². The second-order valence-electron chi connectivity index (χ2n) is 5.99. The van der Waals surface area contributed by atoms with Gasteiger partial charge in [-0.1, -0.05) is 36.8 Å². The summed E-state index contributed by atoms with van der Waals surface area (Å²) in [5, 5.41) is 0. The fourth-order valence-electron chi connectivity index (χ4n) is 3.13. The Labute approximate surface area is 99.7 Å². The molecule has 1 aromatic carbocycles. The van der Waals surface area contributed by atoms with Gasteiger partial charge in [0.25, 0.3) is 0 Å². The van der Waals surface area contributed by atoms with Crippen LogP contribution < -0.4 is 0 Å². The van der Waals surface area contributed by atoms with Crippen molar-refractivity contribution in [2.75, 3.05) is 21.1 Å². The zero-order valence-electron chi connectivity index (χ0n) is 10.8. The highest BCUT2D eigenvalue weighted by atomic mass is 15.3. The summed E-state index contributed by atoms with van der Waals surface area (Å²) in [5.41, 5.74) is 1.54. The molecular formula is C15H24N+. The van der Waals surface area contributed by atoms with Crippen LogP contribution in [0.1, 0.15) is 37.2 Å². The van der Waals surface area contributed by atoms with Crippen LogP contribution in [-0.4, -0.2) is 31.7 Å². The molecule has 0 saturated heterocycles. The van der Waals surface area contributed by atoms with Crippen LogP contribution in [-0.2, 0) is 0 Å². The Morgan fingerprint density at radius 1 is 0.938 bits per heavy atom. The number of likely N-dealkylation sites (N-methyl/N-ethyl adjacent to an activating group) is 1. The second kappa shape index (κ2) is 4.58. The third-order valence-electron chi connectivity index (χ3n) is 3.95. The van der Waals surface area contributed by atoms with E-state index in [1.165, 1.54) is 25.7 Å². The van der Waals surface area contributed by atoms with Gasteiger partial charge >= 0.3 is 0 Å². The lowest BCUT2D eigenvalue weighted by atomic mass is 9.78. The molecule has 1 aromatic rings. The van der Waals surface area contributed by atoms with Crippen molar-refractivity contribution in [1.82, 2.24) is 0 Å². The van der Waals surface area contributed by atoms with Crippen LogP contribution in [0.2, 0.25) is 0 Å². The van der Waals surface area contributed by atoms with E-state index in [1.807, 2.05) is 0 Å². The maximum atomic E-state index is 2.34. The summed E-state index contributed by atoms with van der Waals surface area (Å²) in [7, 11) is 7.02. The summed E-state index contributed by atoms with van der Waals surface area (Å²) in [5.74, 6) is 0.759. The number of rotatable bonds is 2. The van der Waals surface area contributed by atoms with Crippen molar-refractivity contribution in [3.63, 3.8) is 0 Å². The van der Waals surface area contributed by atoms with Gasteiger partial charge in [0.1, 0.15) is 0 Å². The fraction of sp³-hybridized carbons (Fsp3) is 0.600. The summed E-state index contributed by atoms with van der Waals surface area (Å²) < 4.78 is 1.10. The molecule has 2 rings (SSSR count). The van der Waals surface area contributed by atoms with E-state index in [0.717, 1.165) is 16.4 Å². The molecule has 0 amide bonds. The molecule has 0 spiro atoms. The van der Waals surface area contributed by atoms with Gasteiger partial charge in [0, 0.05) is 12.3 Å². The number of quaternary nitrogens is 1. The van der Waals surface area contributed by atoms with E-state index in [9.17, 15) is 0 Å². The maximum Gasteiger partial charge on any atom is 0.0953 e. The molecule has 1 fully saturated rings. The minimum atomic E-state index is 0.759. The molecule has 16 heavy (non-hydrogen) atoms. The zero-order valence-corrected chi connectivity index (χ0v) is 10.8. The van der Waals surface area contributed by atoms with Gasteiger partial charge in [0.2, 0.25) is 0 Å². The van der Waals surface area contributed by atoms with E-state index in [-0.39, 0.29) is 0 Å². The monoisotopic (exact) mass is 218 g/mol. The topological polar surface area (TPSA) is 0 Å². The Balaban J connectivity index is 2.24. The van der Waals surface area contributed by atoms with Crippen molar-refractivity contribution in [3.05, 3.63) is 35.9 Å². The first kappa shape index (κ1) is 11.7. The van der Waals surface area contributed by atoms with E-state index < -0.39 is 0 Å². The third kappa shape index (κ3) is 2.46. The fourth-order valence-corrected chi connectivity index (χ4v) is 3.13. The molecule has 1 saturated carbocycles. The van der Waals surface area contributed by atoms with Crippen molar-refractivity contribution in [3.8, 4) is 0 Å². The number of hydrogen-bond donors (Lipinski definition) is 0. The van der Waals surface area contributed by atoms with E-state index in [2.05, 4.69) is 51.5 Å². The quantitative estimate of drug-likeness (QED) is 0.667. The van der Waals surface area contributed by atoms with E-state index in [1.54, 1.807) is 5.56 Å². The highest BCUT2D eigenvalue weighted by Crippen LogP contribution is 2.37. The van der Waals surface area contributed by atoms with Crippen molar-refractivity contribution in [2.45, 2.75) is 37.6 Å². The summed E-state index contributed by atoms with van der Waals surface area (Å²) in [6, 6.07) is 11.9. The lowest BCUT2D eigenvalue weighted by molar-refractivity contribution is -0.899. The summed E-state index contributed by atoms with van der Waals surface area (Å²) >= 11 is 0.